The van der Waals surface area contributed by atoms with Crippen LogP contribution in [-0.2, 0) is 4.79 Å². The van der Waals surface area contributed by atoms with Crippen molar-refractivity contribution < 1.29 is 25.2 Å². The molecular weight excluding hydrogens is 202 g/mol. The van der Waals surface area contributed by atoms with Gasteiger partial charge in [-0.2, -0.15) is 0 Å². The molecule has 1 fully saturated rings. The van der Waals surface area contributed by atoms with E-state index in [4.69, 9.17) is 5.11 Å². The number of aliphatic hydroxyl groups is 4. The third-order valence-electron chi connectivity index (χ3n) is 2.76. The SMILES string of the molecule is CC(=O)NC1C(O)CC(CO)[C@H](O)[C@@H]1O. The molecule has 1 aliphatic carbocycles. The highest BCUT2D eigenvalue weighted by Crippen LogP contribution is 2.25. The first-order chi connectivity index (χ1) is 6.97. The summed E-state index contributed by atoms with van der Waals surface area (Å²) in [6.07, 6.45) is -3.19. The van der Waals surface area contributed by atoms with Crippen molar-refractivity contribution in [2.45, 2.75) is 37.7 Å². The fourth-order valence-electron chi connectivity index (χ4n) is 1.91. The Bertz CT molecular complexity index is 235. The summed E-state index contributed by atoms with van der Waals surface area (Å²) >= 11 is 0. The molecule has 0 radical (unpaired) electrons. The molecule has 0 bridgehead atoms. The highest BCUT2D eigenvalue weighted by Gasteiger charge is 2.42. The lowest BCUT2D eigenvalue weighted by atomic mass is 9.80. The number of rotatable bonds is 2. The fraction of sp³-hybridized carbons (Fsp3) is 0.889. The van der Waals surface area contributed by atoms with Gasteiger partial charge in [-0.25, -0.2) is 0 Å². The van der Waals surface area contributed by atoms with Gasteiger partial charge in [0.2, 0.25) is 5.91 Å². The number of hydrogen-bond acceptors (Lipinski definition) is 5. The topological polar surface area (TPSA) is 110 Å². The lowest BCUT2D eigenvalue weighted by molar-refractivity contribution is -0.133. The molecule has 15 heavy (non-hydrogen) atoms. The second-order valence-corrected chi connectivity index (χ2v) is 3.95. The molecule has 0 saturated heterocycles. The minimum absolute atomic E-state index is 0.152. The minimum Gasteiger partial charge on any atom is -0.396 e. The van der Waals surface area contributed by atoms with E-state index >= 15 is 0 Å². The smallest absolute Gasteiger partial charge is 0.217 e. The lowest BCUT2D eigenvalue weighted by Crippen LogP contribution is -2.60. The number of hydrogen-bond donors (Lipinski definition) is 5. The largest absolute Gasteiger partial charge is 0.396 e. The number of carbonyl (C=O) groups is 1. The van der Waals surface area contributed by atoms with Crippen LogP contribution in [0.2, 0.25) is 0 Å². The standard InChI is InChI=1S/C9H17NO5/c1-4(12)10-7-6(13)2-5(3-11)8(14)9(7)15/h5-9,11,13-15H,2-3H2,1H3,(H,10,12)/t5?,6?,7?,8-,9+/m0/s1. The Balaban J connectivity index is 2.70. The normalized spacial score (nSPS) is 41.3. The average Bonchev–Trinajstić information content (AvgIpc) is 2.18. The van der Waals surface area contributed by atoms with Crippen LogP contribution in [0.25, 0.3) is 0 Å². The molecule has 1 rings (SSSR count). The van der Waals surface area contributed by atoms with E-state index in [0.29, 0.717) is 0 Å². The molecule has 0 aromatic carbocycles. The van der Waals surface area contributed by atoms with Crippen LogP contribution in [0, 0.1) is 5.92 Å². The first kappa shape index (κ1) is 12.4. The maximum Gasteiger partial charge on any atom is 0.217 e. The molecule has 5 N–H and O–H groups in total. The Morgan fingerprint density at radius 1 is 1.33 bits per heavy atom. The van der Waals surface area contributed by atoms with Gasteiger partial charge in [-0.15, -0.1) is 0 Å². The molecular formula is C9H17NO5. The maximum absolute atomic E-state index is 10.8. The van der Waals surface area contributed by atoms with Crippen LogP contribution in [-0.4, -0.2) is 57.3 Å². The van der Waals surface area contributed by atoms with Gasteiger partial charge in [-0.3, -0.25) is 4.79 Å². The van der Waals surface area contributed by atoms with E-state index < -0.39 is 30.3 Å². The summed E-state index contributed by atoms with van der Waals surface area (Å²) in [4.78, 5) is 10.8. The third-order valence-corrected chi connectivity index (χ3v) is 2.76. The Morgan fingerprint density at radius 3 is 2.40 bits per heavy atom. The first-order valence-electron chi connectivity index (χ1n) is 4.89. The molecule has 88 valence electrons. The summed E-state index contributed by atoms with van der Waals surface area (Å²) in [6, 6.07) is -0.875. The monoisotopic (exact) mass is 219 g/mol. The van der Waals surface area contributed by atoms with Crippen LogP contribution in [0.3, 0.4) is 0 Å². The average molecular weight is 219 g/mol. The van der Waals surface area contributed by atoms with Crippen molar-refractivity contribution in [3.05, 3.63) is 0 Å². The Morgan fingerprint density at radius 2 is 1.93 bits per heavy atom. The minimum atomic E-state index is -1.25. The molecule has 0 aliphatic heterocycles. The fourth-order valence-corrected chi connectivity index (χ4v) is 1.91. The van der Waals surface area contributed by atoms with Gasteiger partial charge in [0.15, 0.2) is 0 Å². The summed E-state index contributed by atoms with van der Waals surface area (Å²) in [5.74, 6) is -0.937. The predicted octanol–water partition coefficient (Wildman–Crippen LogP) is -2.41. The zero-order valence-electron chi connectivity index (χ0n) is 8.50. The van der Waals surface area contributed by atoms with Gasteiger partial charge in [0.05, 0.1) is 18.2 Å². The number of carbonyl (C=O) groups excluding carboxylic acids is 1. The van der Waals surface area contributed by atoms with E-state index in [-0.39, 0.29) is 18.9 Å². The van der Waals surface area contributed by atoms with E-state index in [2.05, 4.69) is 5.32 Å². The van der Waals surface area contributed by atoms with E-state index in [0.717, 1.165) is 0 Å². The molecule has 3 unspecified atom stereocenters. The molecule has 1 aliphatic rings. The van der Waals surface area contributed by atoms with Gasteiger partial charge < -0.3 is 25.7 Å². The van der Waals surface area contributed by atoms with Crippen LogP contribution in [0.1, 0.15) is 13.3 Å². The summed E-state index contributed by atoms with van der Waals surface area (Å²) in [5, 5.41) is 40.1. The Kier molecular flexibility index (Phi) is 4.04. The van der Waals surface area contributed by atoms with Crippen molar-refractivity contribution >= 4 is 5.91 Å². The summed E-state index contributed by atoms with van der Waals surface area (Å²) in [7, 11) is 0. The number of nitrogens with one attached hydrogen (secondary N) is 1. The highest BCUT2D eigenvalue weighted by atomic mass is 16.3. The maximum atomic E-state index is 10.8. The van der Waals surface area contributed by atoms with E-state index in [1.54, 1.807) is 0 Å². The molecule has 0 heterocycles. The van der Waals surface area contributed by atoms with Crippen molar-refractivity contribution in [3.63, 3.8) is 0 Å². The molecule has 1 saturated carbocycles. The quantitative estimate of drug-likeness (QED) is 0.355. The van der Waals surface area contributed by atoms with Gasteiger partial charge in [0.25, 0.3) is 0 Å². The Labute approximate surface area is 87.5 Å². The zero-order chi connectivity index (χ0) is 11.6. The van der Waals surface area contributed by atoms with E-state index in [9.17, 15) is 20.1 Å². The van der Waals surface area contributed by atoms with Crippen LogP contribution in [0.4, 0.5) is 0 Å². The predicted molar refractivity (Wildman–Crippen MR) is 50.8 cm³/mol. The van der Waals surface area contributed by atoms with Gasteiger partial charge in [-0.1, -0.05) is 0 Å². The summed E-state index contributed by atoms with van der Waals surface area (Å²) < 4.78 is 0. The van der Waals surface area contributed by atoms with Crippen molar-refractivity contribution in [2.75, 3.05) is 6.61 Å². The molecule has 0 aromatic heterocycles. The first-order valence-corrected chi connectivity index (χ1v) is 4.89. The second-order valence-electron chi connectivity index (χ2n) is 3.95. The van der Waals surface area contributed by atoms with Gasteiger partial charge >= 0.3 is 0 Å². The van der Waals surface area contributed by atoms with Crippen molar-refractivity contribution in [2.24, 2.45) is 5.92 Å². The van der Waals surface area contributed by atoms with Gasteiger partial charge in [0, 0.05) is 19.4 Å². The van der Waals surface area contributed by atoms with E-state index in [1.807, 2.05) is 0 Å². The van der Waals surface area contributed by atoms with Crippen molar-refractivity contribution in [1.29, 1.82) is 0 Å². The molecule has 5 atom stereocenters. The number of amides is 1. The van der Waals surface area contributed by atoms with Crippen LogP contribution in [0.5, 0.6) is 0 Å². The molecule has 0 spiro atoms. The molecule has 6 nitrogen and oxygen atoms in total. The molecule has 6 heteroatoms. The van der Waals surface area contributed by atoms with Gasteiger partial charge in [-0.05, 0) is 6.42 Å². The molecule has 0 aromatic rings. The van der Waals surface area contributed by atoms with Crippen LogP contribution < -0.4 is 5.32 Å². The van der Waals surface area contributed by atoms with Crippen LogP contribution in [0.15, 0.2) is 0 Å². The van der Waals surface area contributed by atoms with Crippen LogP contribution >= 0.6 is 0 Å². The third kappa shape index (κ3) is 2.66. The van der Waals surface area contributed by atoms with Crippen molar-refractivity contribution in [3.8, 4) is 0 Å². The van der Waals surface area contributed by atoms with Gasteiger partial charge in [0.1, 0.15) is 6.10 Å². The summed E-state index contributed by atoms with van der Waals surface area (Å²) in [5.41, 5.74) is 0. The number of aliphatic hydroxyl groups excluding tert-OH is 4. The zero-order valence-corrected chi connectivity index (χ0v) is 8.50. The summed E-state index contributed by atoms with van der Waals surface area (Å²) in [6.45, 7) is 0.964. The Hall–Kier alpha value is -0.690. The second kappa shape index (κ2) is 4.89. The highest BCUT2D eigenvalue weighted by molar-refractivity contribution is 5.73. The molecule has 1 amide bonds. The van der Waals surface area contributed by atoms with E-state index in [1.165, 1.54) is 6.92 Å². The lowest BCUT2D eigenvalue weighted by Gasteiger charge is -2.40. The van der Waals surface area contributed by atoms with Crippen molar-refractivity contribution in [1.82, 2.24) is 5.32 Å².